The van der Waals surface area contributed by atoms with Crippen LogP contribution in [-0.4, -0.2) is 70.8 Å². The highest BCUT2D eigenvalue weighted by Crippen LogP contribution is 2.57. The summed E-state index contributed by atoms with van der Waals surface area (Å²) in [5.74, 6) is -2.95. The first-order valence-corrected chi connectivity index (χ1v) is 14.2. The van der Waals surface area contributed by atoms with Crippen molar-refractivity contribution in [3.63, 3.8) is 0 Å². The fourth-order valence-electron chi connectivity index (χ4n) is 6.80. The molecule has 2 saturated heterocycles. The fraction of sp³-hybridized carbons (Fsp3) is 0.567. The van der Waals surface area contributed by atoms with E-state index in [1.54, 1.807) is 42.2 Å². The molecule has 1 spiro atoms. The van der Waals surface area contributed by atoms with Gasteiger partial charge in [-0.1, -0.05) is 49.8 Å². The zero-order valence-corrected chi connectivity index (χ0v) is 23.5. The van der Waals surface area contributed by atoms with E-state index in [0.29, 0.717) is 17.1 Å². The lowest BCUT2D eigenvalue weighted by Gasteiger charge is -2.40. The van der Waals surface area contributed by atoms with Crippen molar-refractivity contribution in [2.75, 3.05) is 24.7 Å². The smallest absolute Gasteiger partial charge is 0.313 e. The molecule has 0 bridgehead atoms. The molecule has 0 aromatic heterocycles. The van der Waals surface area contributed by atoms with Crippen molar-refractivity contribution < 1.29 is 29.0 Å². The molecule has 39 heavy (non-hydrogen) atoms. The van der Waals surface area contributed by atoms with Gasteiger partial charge in [-0.2, -0.15) is 0 Å². The molecule has 1 aromatic rings. The minimum atomic E-state index is -1.41. The Morgan fingerprint density at radius 1 is 1.05 bits per heavy atom. The lowest BCUT2D eigenvalue weighted by atomic mass is 9.74. The molecule has 4 aliphatic rings. The Kier molecular flexibility index (Phi) is 7.65. The Bertz CT molecular complexity index is 1180. The molecular weight excluding hydrogens is 520 g/mol. The summed E-state index contributed by atoms with van der Waals surface area (Å²) < 4.78 is 12.5. The number of fused-ring (bicyclic) bond motifs is 2. The number of carbonyl (C=O) groups excluding carboxylic acids is 3. The van der Waals surface area contributed by atoms with Crippen molar-refractivity contribution in [1.29, 1.82) is 0 Å². The number of esters is 1. The van der Waals surface area contributed by atoms with Gasteiger partial charge in [-0.15, -0.1) is 0 Å². The summed E-state index contributed by atoms with van der Waals surface area (Å²) in [6.07, 6.45) is 10.4. The molecule has 210 valence electrons. The van der Waals surface area contributed by atoms with Gasteiger partial charge < -0.3 is 24.4 Å². The SMILES string of the molecule is CC(C)C[C@H](CO)N1C(=O)[C@@H]2[C@H]3C(=O)OCCCC/C=C\[C@@]3(C)O[C@@]23C=CCN(c2ccc(Cl)cc2)C(=O)C13. The maximum absolute atomic E-state index is 14.5. The van der Waals surface area contributed by atoms with Crippen LogP contribution in [0.25, 0.3) is 0 Å². The summed E-state index contributed by atoms with van der Waals surface area (Å²) in [5.41, 5.74) is -1.92. The van der Waals surface area contributed by atoms with Gasteiger partial charge in [0.1, 0.15) is 17.6 Å². The number of nitrogens with zero attached hydrogens (tertiary/aromatic N) is 2. The molecule has 0 radical (unpaired) electrons. The number of anilines is 1. The molecule has 2 amide bonds. The van der Waals surface area contributed by atoms with Gasteiger partial charge in [-0.3, -0.25) is 14.4 Å². The number of amides is 2. The molecule has 4 aliphatic heterocycles. The minimum Gasteiger partial charge on any atom is -0.465 e. The molecular formula is C30H37ClN2O6. The molecule has 8 nitrogen and oxygen atoms in total. The van der Waals surface area contributed by atoms with Gasteiger partial charge in [-0.05, 0) is 62.8 Å². The number of halogens is 1. The van der Waals surface area contributed by atoms with Crippen LogP contribution in [0.4, 0.5) is 5.69 Å². The summed E-state index contributed by atoms with van der Waals surface area (Å²) in [7, 11) is 0. The highest BCUT2D eigenvalue weighted by atomic mass is 35.5. The maximum atomic E-state index is 14.5. The second kappa shape index (κ2) is 10.7. The van der Waals surface area contributed by atoms with Crippen molar-refractivity contribution in [3.05, 3.63) is 53.6 Å². The van der Waals surface area contributed by atoms with E-state index in [2.05, 4.69) is 0 Å². The second-order valence-electron chi connectivity index (χ2n) is 11.6. The highest BCUT2D eigenvalue weighted by Gasteiger charge is 2.75. The molecule has 6 atom stereocenters. The Balaban J connectivity index is 1.67. The molecule has 4 heterocycles. The van der Waals surface area contributed by atoms with Crippen LogP contribution in [0.1, 0.15) is 46.5 Å². The fourth-order valence-corrected chi connectivity index (χ4v) is 6.93. The summed E-state index contributed by atoms with van der Waals surface area (Å²) in [6.45, 7) is 6.03. The zero-order valence-electron chi connectivity index (χ0n) is 22.7. The van der Waals surface area contributed by atoms with Crippen LogP contribution in [0, 0.1) is 17.8 Å². The normalized spacial score (nSPS) is 34.3. The Morgan fingerprint density at radius 2 is 1.79 bits per heavy atom. The predicted octanol–water partition coefficient (Wildman–Crippen LogP) is 3.90. The molecule has 0 saturated carbocycles. The van der Waals surface area contributed by atoms with E-state index < -0.39 is 41.1 Å². The topological polar surface area (TPSA) is 96.4 Å². The number of allylic oxidation sites excluding steroid dienone is 1. The number of aliphatic hydroxyl groups excluding tert-OH is 1. The van der Waals surface area contributed by atoms with Crippen LogP contribution in [0.2, 0.25) is 5.02 Å². The van der Waals surface area contributed by atoms with Crippen LogP contribution in [0.15, 0.2) is 48.6 Å². The zero-order chi connectivity index (χ0) is 27.9. The van der Waals surface area contributed by atoms with E-state index in [-0.39, 0.29) is 37.5 Å². The molecule has 1 N–H and O–H groups in total. The van der Waals surface area contributed by atoms with Crippen molar-refractivity contribution in [1.82, 2.24) is 4.90 Å². The van der Waals surface area contributed by atoms with Crippen LogP contribution < -0.4 is 4.90 Å². The average Bonchev–Trinajstić information content (AvgIpc) is 3.23. The van der Waals surface area contributed by atoms with Crippen LogP contribution >= 0.6 is 11.6 Å². The number of likely N-dealkylation sites (tertiary alicyclic amines) is 1. The average molecular weight is 557 g/mol. The number of hydrogen-bond donors (Lipinski definition) is 1. The molecule has 1 unspecified atom stereocenters. The van der Waals surface area contributed by atoms with Gasteiger partial charge >= 0.3 is 5.97 Å². The highest BCUT2D eigenvalue weighted by molar-refractivity contribution is 6.30. The third-order valence-corrected chi connectivity index (χ3v) is 8.68. The second-order valence-corrected chi connectivity index (χ2v) is 12.0. The lowest BCUT2D eigenvalue weighted by Crippen LogP contribution is -2.59. The first-order valence-electron chi connectivity index (χ1n) is 13.8. The third kappa shape index (κ3) is 4.70. The minimum absolute atomic E-state index is 0.155. The van der Waals surface area contributed by atoms with Gasteiger partial charge in [0.2, 0.25) is 5.91 Å². The van der Waals surface area contributed by atoms with E-state index in [0.717, 1.165) is 19.3 Å². The summed E-state index contributed by atoms with van der Waals surface area (Å²) >= 11 is 6.11. The predicted molar refractivity (Wildman–Crippen MR) is 147 cm³/mol. The molecule has 0 aliphatic carbocycles. The first kappa shape index (κ1) is 27.9. The quantitative estimate of drug-likeness (QED) is 0.436. The van der Waals surface area contributed by atoms with Crippen molar-refractivity contribution >= 4 is 35.1 Å². The van der Waals surface area contributed by atoms with E-state index in [4.69, 9.17) is 21.1 Å². The first-order chi connectivity index (χ1) is 18.6. The van der Waals surface area contributed by atoms with Gasteiger partial charge in [0, 0.05) is 17.3 Å². The van der Waals surface area contributed by atoms with Crippen molar-refractivity contribution in [2.24, 2.45) is 17.8 Å². The van der Waals surface area contributed by atoms with Gasteiger partial charge in [-0.25, -0.2) is 0 Å². The Hall–Kier alpha value is -2.68. The molecule has 1 aromatic carbocycles. The van der Waals surface area contributed by atoms with Crippen molar-refractivity contribution in [3.8, 4) is 0 Å². The maximum Gasteiger partial charge on any atom is 0.313 e. The van der Waals surface area contributed by atoms with E-state index in [1.165, 1.54) is 4.90 Å². The molecule has 9 heteroatoms. The largest absolute Gasteiger partial charge is 0.465 e. The number of rotatable bonds is 5. The van der Waals surface area contributed by atoms with Crippen molar-refractivity contribution in [2.45, 2.75) is 69.7 Å². The standard InChI is InChI=1S/C30H37ClN2O6/c1-19(2)17-22(18-34)33-25-27(36)32(21-11-9-20(31)10-12-21)15-8-14-30(25)23(26(33)35)24-28(37)38-16-7-5-4-6-13-29(24,3)39-30/h6,8-14,19,22-25,34H,4-5,7,15-18H2,1-3H3/b13-6-/t22-,23+,24+,25?,29-,30+/m1/s1. The summed E-state index contributed by atoms with van der Waals surface area (Å²) in [5, 5.41) is 11.0. The van der Waals surface area contributed by atoms with E-state index in [1.807, 2.05) is 32.1 Å². The van der Waals surface area contributed by atoms with Crippen LogP contribution in [0.5, 0.6) is 0 Å². The lowest BCUT2D eigenvalue weighted by molar-refractivity contribution is -0.160. The van der Waals surface area contributed by atoms with Gasteiger partial charge in [0.15, 0.2) is 0 Å². The molecule has 5 rings (SSSR count). The monoisotopic (exact) mass is 556 g/mol. The van der Waals surface area contributed by atoms with E-state index >= 15 is 0 Å². The summed E-state index contributed by atoms with van der Waals surface area (Å²) in [4.78, 5) is 45.7. The number of benzene rings is 1. The Morgan fingerprint density at radius 3 is 2.49 bits per heavy atom. The van der Waals surface area contributed by atoms with E-state index in [9.17, 15) is 19.5 Å². The number of aliphatic hydroxyl groups is 1. The van der Waals surface area contributed by atoms with Gasteiger partial charge in [0.25, 0.3) is 5.91 Å². The number of ether oxygens (including phenoxy) is 2. The Labute approximate surface area is 234 Å². The van der Waals surface area contributed by atoms with Gasteiger partial charge in [0.05, 0.1) is 30.8 Å². The number of carbonyl (C=O) groups is 3. The molecule has 2 fully saturated rings. The van der Waals surface area contributed by atoms with Crippen LogP contribution in [-0.2, 0) is 23.9 Å². The number of cyclic esters (lactones) is 1. The third-order valence-electron chi connectivity index (χ3n) is 8.42. The number of hydrogen-bond acceptors (Lipinski definition) is 6. The van der Waals surface area contributed by atoms with Crippen LogP contribution in [0.3, 0.4) is 0 Å². The summed E-state index contributed by atoms with van der Waals surface area (Å²) in [6, 6.07) is 5.27.